The van der Waals surface area contributed by atoms with Crippen molar-refractivity contribution in [3.8, 4) is 0 Å². The molecule has 1 aliphatic rings. The SMILES string of the molecule is Cc1cn([C@H]2S[C@@H](CO)CC2N=[N+]=[N-])c(=O)[nH]c1=O. The van der Waals surface area contributed by atoms with Gasteiger partial charge in [-0.05, 0) is 18.9 Å². The Labute approximate surface area is 112 Å². The van der Waals surface area contributed by atoms with Gasteiger partial charge in [0.25, 0.3) is 5.56 Å². The lowest BCUT2D eigenvalue weighted by Gasteiger charge is -2.17. The summed E-state index contributed by atoms with van der Waals surface area (Å²) in [5.74, 6) is 0. The van der Waals surface area contributed by atoms with Crippen molar-refractivity contribution < 1.29 is 5.11 Å². The number of hydrogen-bond donors (Lipinski definition) is 2. The topological polar surface area (TPSA) is 124 Å². The normalized spacial score (nSPS) is 26.1. The predicted molar refractivity (Wildman–Crippen MR) is 71.1 cm³/mol. The molecule has 0 aromatic carbocycles. The van der Waals surface area contributed by atoms with Crippen LogP contribution in [0, 0.1) is 6.92 Å². The maximum absolute atomic E-state index is 11.8. The van der Waals surface area contributed by atoms with Crippen LogP contribution in [0.25, 0.3) is 10.4 Å². The third-order valence-electron chi connectivity index (χ3n) is 2.99. The maximum atomic E-state index is 11.8. The number of aromatic nitrogens is 2. The third kappa shape index (κ3) is 2.67. The van der Waals surface area contributed by atoms with Crippen LogP contribution < -0.4 is 11.2 Å². The number of nitrogens with one attached hydrogen (secondary N) is 1. The van der Waals surface area contributed by atoms with E-state index in [9.17, 15) is 14.7 Å². The van der Waals surface area contributed by atoms with E-state index in [1.54, 1.807) is 6.92 Å². The molecule has 3 atom stereocenters. The van der Waals surface area contributed by atoms with Crippen LogP contribution in [0.5, 0.6) is 0 Å². The Kier molecular flexibility index (Phi) is 3.98. The molecule has 1 aromatic heterocycles. The monoisotopic (exact) mass is 283 g/mol. The molecular weight excluding hydrogens is 270 g/mol. The van der Waals surface area contributed by atoms with Crippen LogP contribution >= 0.6 is 11.8 Å². The lowest BCUT2D eigenvalue weighted by molar-refractivity contribution is 0.289. The van der Waals surface area contributed by atoms with Gasteiger partial charge in [0.05, 0.1) is 18.0 Å². The molecule has 2 rings (SSSR count). The molecule has 0 spiro atoms. The molecule has 8 nitrogen and oxygen atoms in total. The number of aliphatic hydroxyl groups is 1. The molecule has 0 amide bonds. The molecule has 1 saturated heterocycles. The van der Waals surface area contributed by atoms with E-state index in [2.05, 4.69) is 15.0 Å². The Hall–Kier alpha value is -1.70. The van der Waals surface area contributed by atoms with Gasteiger partial charge in [0.15, 0.2) is 0 Å². The number of H-pyrrole nitrogens is 1. The highest BCUT2D eigenvalue weighted by Crippen LogP contribution is 2.42. The summed E-state index contributed by atoms with van der Waals surface area (Å²) in [5, 5.41) is 12.4. The highest BCUT2D eigenvalue weighted by molar-refractivity contribution is 8.00. The molecular formula is C10H13N5O3S. The molecule has 0 radical (unpaired) electrons. The summed E-state index contributed by atoms with van der Waals surface area (Å²) in [6.07, 6.45) is 1.96. The minimum Gasteiger partial charge on any atom is -0.395 e. The molecule has 9 heteroatoms. The van der Waals surface area contributed by atoms with Crippen molar-refractivity contribution in [3.63, 3.8) is 0 Å². The van der Waals surface area contributed by atoms with Crippen molar-refractivity contribution in [2.45, 2.75) is 30.0 Å². The largest absolute Gasteiger partial charge is 0.395 e. The van der Waals surface area contributed by atoms with Gasteiger partial charge < -0.3 is 5.11 Å². The van der Waals surface area contributed by atoms with E-state index in [0.29, 0.717) is 12.0 Å². The Morgan fingerprint density at radius 2 is 2.42 bits per heavy atom. The van der Waals surface area contributed by atoms with Gasteiger partial charge in [0.1, 0.15) is 0 Å². The van der Waals surface area contributed by atoms with Gasteiger partial charge in [0, 0.05) is 21.9 Å². The lowest BCUT2D eigenvalue weighted by atomic mass is 10.1. The van der Waals surface area contributed by atoms with Gasteiger partial charge in [-0.25, -0.2) is 4.79 Å². The van der Waals surface area contributed by atoms with E-state index >= 15 is 0 Å². The van der Waals surface area contributed by atoms with Crippen molar-refractivity contribution in [2.75, 3.05) is 6.61 Å². The van der Waals surface area contributed by atoms with E-state index in [1.165, 1.54) is 22.5 Å². The number of nitrogens with zero attached hydrogens (tertiary/aromatic N) is 4. The van der Waals surface area contributed by atoms with Crippen LogP contribution in [0.3, 0.4) is 0 Å². The van der Waals surface area contributed by atoms with E-state index in [0.717, 1.165) is 0 Å². The highest BCUT2D eigenvalue weighted by atomic mass is 32.2. The van der Waals surface area contributed by atoms with Gasteiger partial charge >= 0.3 is 5.69 Å². The molecule has 19 heavy (non-hydrogen) atoms. The molecule has 2 heterocycles. The number of hydrogen-bond acceptors (Lipinski definition) is 5. The number of aryl methyl sites for hydroxylation is 1. The maximum Gasteiger partial charge on any atom is 0.329 e. The van der Waals surface area contributed by atoms with Crippen molar-refractivity contribution >= 4 is 11.8 Å². The third-order valence-corrected chi connectivity index (χ3v) is 4.54. The van der Waals surface area contributed by atoms with Crippen LogP contribution in [-0.4, -0.2) is 32.6 Å². The Morgan fingerprint density at radius 3 is 3.05 bits per heavy atom. The van der Waals surface area contributed by atoms with E-state index in [-0.39, 0.29) is 11.9 Å². The molecule has 102 valence electrons. The first-order chi connectivity index (χ1) is 9.06. The van der Waals surface area contributed by atoms with Crippen molar-refractivity contribution in [3.05, 3.63) is 43.0 Å². The van der Waals surface area contributed by atoms with Crippen LogP contribution in [0.4, 0.5) is 0 Å². The van der Waals surface area contributed by atoms with Gasteiger partial charge in [-0.15, -0.1) is 11.8 Å². The molecule has 0 saturated carbocycles. The zero-order valence-corrected chi connectivity index (χ0v) is 11.0. The minimum absolute atomic E-state index is 0.0459. The van der Waals surface area contributed by atoms with Crippen molar-refractivity contribution in [1.29, 1.82) is 0 Å². The average molecular weight is 283 g/mol. The van der Waals surface area contributed by atoms with E-state index in [1.807, 2.05) is 0 Å². The van der Waals surface area contributed by atoms with Gasteiger partial charge in [0.2, 0.25) is 0 Å². The van der Waals surface area contributed by atoms with Crippen molar-refractivity contribution in [1.82, 2.24) is 9.55 Å². The first-order valence-electron chi connectivity index (χ1n) is 5.69. The molecule has 1 fully saturated rings. The van der Waals surface area contributed by atoms with Crippen LogP contribution in [0.2, 0.25) is 0 Å². The first-order valence-corrected chi connectivity index (χ1v) is 6.63. The number of aromatic amines is 1. The summed E-state index contributed by atoms with van der Waals surface area (Å²) in [6, 6.07) is -0.421. The number of aliphatic hydroxyl groups excluding tert-OH is 1. The molecule has 2 N–H and O–H groups in total. The zero-order chi connectivity index (χ0) is 14.0. The lowest BCUT2D eigenvalue weighted by Crippen LogP contribution is -2.34. The fraction of sp³-hybridized carbons (Fsp3) is 0.600. The number of thioether (sulfide) groups is 1. The standard InChI is InChI=1S/C10H13N5O3S/c1-5-3-15(10(18)12-8(5)17)9-7(13-14-11)2-6(4-16)19-9/h3,6-7,9,16H,2,4H2,1H3,(H,12,17,18)/t6-,7?,9+/m1/s1. The zero-order valence-electron chi connectivity index (χ0n) is 10.2. The Bertz CT molecular complexity index is 633. The molecule has 1 aromatic rings. The quantitative estimate of drug-likeness (QED) is 0.476. The average Bonchev–Trinajstić information content (AvgIpc) is 2.77. The molecule has 1 unspecified atom stereocenters. The fourth-order valence-corrected chi connectivity index (χ4v) is 3.47. The molecule has 1 aliphatic heterocycles. The van der Waals surface area contributed by atoms with Crippen LogP contribution in [-0.2, 0) is 0 Å². The summed E-state index contributed by atoms with van der Waals surface area (Å²) in [7, 11) is 0. The van der Waals surface area contributed by atoms with Gasteiger partial charge in [-0.3, -0.25) is 14.3 Å². The summed E-state index contributed by atoms with van der Waals surface area (Å²) < 4.78 is 1.36. The molecule has 0 aliphatic carbocycles. The van der Waals surface area contributed by atoms with Gasteiger partial charge in [-0.2, -0.15) is 0 Å². The van der Waals surface area contributed by atoms with Crippen molar-refractivity contribution in [2.24, 2.45) is 5.11 Å². The predicted octanol–water partition coefficient (Wildman–Crippen LogP) is 0.520. The summed E-state index contributed by atoms with van der Waals surface area (Å²) in [5.41, 5.74) is 8.00. The van der Waals surface area contributed by atoms with E-state index < -0.39 is 22.7 Å². The molecule has 0 bridgehead atoms. The Balaban J connectivity index is 2.44. The van der Waals surface area contributed by atoms with Gasteiger partial charge in [-0.1, -0.05) is 5.11 Å². The first kappa shape index (κ1) is 13.7. The van der Waals surface area contributed by atoms with E-state index in [4.69, 9.17) is 5.53 Å². The second-order valence-electron chi connectivity index (χ2n) is 4.32. The summed E-state index contributed by atoms with van der Waals surface area (Å²) in [4.78, 5) is 28.2. The highest BCUT2D eigenvalue weighted by Gasteiger charge is 2.36. The van der Waals surface area contributed by atoms with Crippen LogP contribution in [0.15, 0.2) is 20.9 Å². The number of azide groups is 1. The fourth-order valence-electron chi connectivity index (χ4n) is 2.04. The van der Waals surface area contributed by atoms with Crippen LogP contribution in [0.1, 0.15) is 17.4 Å². The second-order valence-corrected chi connectivity index (χ2v) is 5.74. The minimum atomic E-state index is -0.537. The summed E-state index contributed by atoms with van der Waals surface area (Å²) >= 11 is 1.37. The summed E-state index contributed by atoms with van der Waals surface area (Å²) in [6.45, 7) is 1.55. The smallest absolute Gasteiger partial charge is 0.329 e. The Morgan fingerprint density at radius 1 is 1.68 bits per heavy atom. The second kappa shape index (κ2) is 5.52. The number of rotatable bonds is 3.